The minimum absolute atomic E-state index is 0.0219. The van der Waals surface area contributed by atoms with Crippen molar-refractivity contribution in [1.82, 2.24) is 5.43 Å². The molecule has 0 bridgehead atoms. The molecule has 3 nitrogen and oxygen atoms in total. The van der Waals surface area contributed by atoms with Crippen LogP contribution >= 0.6 is 0 Å². The van der Waals surface area contributed by atoms with E-state index in [0.717, 1.165) is 12.8 Å². The lowest BCUT2D eigenvalue weighted by molar-refractivity contribution is -0.0735. The van der Waals surface area contributed by atoms with Crippen molar-refractivity contribution in [3.63, 3.8) is 0 Å². The average Bonchev–Trinajstić information content (AvgIpc) is 2.40. The van der Waals surface area contributed by atoms with E-state index >= 15 is 0 Å². The lowest BCUT2D eigenvalue weighted by atomic mass is 9.82. The van der Waals surface area contributed by atoms with E-state index in [-0.39, 0.29) is 11.6 Å². The number of hydrogen-bond acceptors (Lipinski definition) is 3. The standard InChI is InChI=1S/C15H26N2O/c1-5-15(6-2,18-7-3)14(17-16)13-11-9-8-10-12(13)4/h8-11,14,17H,5-7,16H2,1-4H3. The van der Waals surface area contributed by atoms with Gasteiger partial charge in [0.25, 0.3) is 0 Å². The number of aryl methyl sites for hydroxylation is 1. The Hall–Kier alpha value is -0.900. The van der Waals surface area contributed by atoms with Crippen LogP contribution < -0.4 is 11.3 Å². The van der Waals surface area contributed by atoms with Crippen LogP contribution in [0.2, 0.25) is 0 Å². The second kappa shape index (κ2) is 6.88. The van der Waals surface area contributed by atoms with E-state index in [1.165, 1.54) is 11.1 Å². The fourth-order valence-electron chi connectivity index (χ4n) is 2.67. The van der Waals surface area contributed by atoms with Crippen molar-refractivity contribution in [3.05, 3.63) is 35.4 Å². The number of hydrazine groups is 1. The van der Waals surface area contributed by atoms with Gasteiger partial charge in [-0.25, -0.2) is 0 Å². The van der Waals surface area contributed by atoms with Crippen molar-refractivity contribution < 1.29 is 4.74 Å². The van der Waals surface area contributed by atoms with Gasteiger partial charge in [0.15, 0.2) is 0 Å². The van der Waals surface area contributed by atoms with Crippen LogP contribution in [0.4, 0.5) is 0 Å². The zero-order chi connectivity index (χ0) is 13.6. The van der Waals surface area contributed by atoms with Gasteiger partial charge in [-0.2, -0.15) is 0 Å². The van der Waals surface area contributed by atoms with E-state index in [0.29, 0.717) is 6.61 Å². The van der Waals surface area contributed by atoms with E-state index in [4.69, 9.17) is 10.6 Å². The summed E-state index contributed by atoms with van der Waals surface area (Å²) in [7, 11) is 0. The molecule has 18 heavy (non-hydrogen) atoms. The molecule has 0 aromatic heterocycles. The van der Waals surface area contributed by atoms with E-state index in [1.54, 1.807) is 0 Å². The molecule has 0 saturated carbocycles. The molecule has 3 heteroatoms. The summed E-state index contributed by atoms with van der Waals surface area (Å²) in [6, 6.07) is 8.36. The molecular formula is C15H26N2O. The molecule has 1 unspecified atom stereocenters. The Morgan fingerprint density at radius 2 is 1.83 bits per heavy atom. The molecule has 0 fully saturated rings. The second-order valence-corrected chi connectivity index (χ2v) is 4.66. The topological polar surface area (TPSA) is 47.3 Å². The quantitative estimate of drug-likeness (QED) is 0.577. The first-order valence-corrected chi connectivity index (χ1v) is 6.80. The molecule has 0 aliphatic heterocycles. The SMILES string of the molecule is CCOC(CC)(CC)C(NN)c1ccccc1C. The lowest BCUT2D eigenvalue weighted by Gasteiger charge is -2.39. The number of nitrogens with one attached hydrogen (secondary N) is 1. The van der Waals surface area contributed by atoms with Crippen LogP contribution in [0.25, 0.3) is 0 Å². The maximum Gasteiger partial charge on any atom is 0.0883 e. The van der Waals surface area contributed by atoms with Gasteiger partial charge in [-0.3, -0.25) is 11.3 Å². The van der Waals surface area contributed by atoms with Crippen molar-refractivity contribution >= 4 is 0 Å². The van der Waals surface area contributed by atoms with Crippen LogP contribution in [0.1, 0.15) is 50.8 Å². The van der Waals surface area contributed by atoms with Crippen LogP contribution in [0.3, 0.4) is 0 Å². The van der Waals surface area contributed by atoms with E-state index in [2.05, 4.69) is 44.4 Å². The zero-order valence-corrected chi connectivity index (χ0v) is 12.0. The average molecular weight is 250 g/mol. The number of rotatable bonds is 7. The molecule has 0 saturated heterocycles. The maximum absolute atomic E-state index is 6.05. The Morgan fingerprint density at radius 1 is 1.22 bits per heavy atom. The van der Waals surface area contributed by atoms with Gasteiger partial charge in [0.05, 0.1) is 11.6 Å². The molecule has 1 rings (SSSR count). The van der Waals surface area contributed by atoms with Crippen LogP contribution in [-0.2, 0) is 4.74 Å². The first-order chi connectivity index (χ1) is 8.65. The molecule has 1 atom stereocenters. The first kappa shape index (κ1) is 15.2. The third-order valence-electron chi connectivity index (χ3n) is 3.82. The normalized spacial score (nSPS) is 13.6. The van der Waals surface area contributed by atoms with Crippen LogP contribution in [-0.4, -0.2) is 12.2 Å². The summed E-state index contributed by atoms with van der Waals surface area (Å²) in [4.78, 5) is 0. The molecule has 102 valence electrons. The highest BCUT2D eigenvalue weighted by molar-refractivity contribution is 5.31. The molecule has 0 aliphatic rings. The minimum atomic E-state index is -0.240. The highest BCUT2D eigenvalue weighted by Crippen LogP contribution is 2.36. The van der Waals surface area contributed by atoms with Crippen molar-refractivity contribution in [2.75, 3.05) is 6.61 Å². The van der Waals surface area contributed by atoms with Gasteiger partial charge in [0.1, 0.15) is 0 Å². The molecule has 0 radical (unpaired) electrons. The third kappa shape index (κ3) is 2.91. The van der Waals surface area contributed by atoms with Crippen molar-refractivity contribution in [1.29, 1.82) is 0 Å². The summed E-state index contributed by atoms with van der Waals surface area (Å²) in [5.41, 5.74) is 5.18. The molecule has 0 amide bonds. The van der Waals surface area contributed by atoms with Crippen molar-refractivity contribution in [2.24, 2.45) is 5.84 Å². The molecular weight excluding hydrogens is 224 g/mol. The Morgan fingerprint density at radius 3 is 2.28 bits per heavy atom. The molecule has 0 aliphatic carbocycles. The lowest BCUT2D eigenvalue weighted by Crippen LogP contribution is -2.48. The Kier molecular flexibility index (Phi) is 5.79. The summed E-state index contributed by atoms with van der Waals surface area (Å²) >= 11 is 0. The summed E-state index contributed by atoms with van der Waals surface area (Å²) in [6.45, 7) is 9.16. The fourth-order valence-corrected chi connectivity index (χ4v) is 2.67. The van der Waals surface area contributed by atoms with Gasteiger partial charge in [-0.05, 0) is 37.8 Å². The molecule has 1 aromatic rings. The molecule has 0 spiro atoms. The molecule has 0 heterocycles. The fraction of sp³-hybridized carbons (Fsp3) is 0.600. The highest BCUT2D eigenvalue weighted by Gasteiger charge is 2.37. The van der Waals surface area contributed by atoms with Gasteiger partial charge >= 0.3 is 0 Å². The smallest absolute Gasteiger partial charge is 0.0883 e. The Labute approximate surface area is 111 Å². The zero-order valence-electron chi connectivity index (χ0n) is 12.0. The van der Waals surface area contributed by atoms with Gasteiger partial charge in [0, 0.05) is 6.61 Å². The third-order valence-corrected chi connectivity index (χ3v) is 3.82. The first-order valence-electron chi connectivity index (χ1n) is 6.80. The van der Waals surface area contributed by atoms with Gasteiger partial charge < -0.3 is 4.74 Å². The van der Waals surface area contributed by atoms with Crippen LogP contribution in [0.15, 0.2) is 24.3 Å². The number of benzene rings is 1. The number of hydrogen-bond donors (Lipinski definition) is 2. The number of ether oxygens (including phenoxy) is 1. The second-order valence-electron chi connectivity index (χ2n) is 4.66. The van der Waals surface area contributed by atoms with E-state index in [1.807, 2.05) is 13.0 Å². The van der Waals surface area contributed by atoms with Gasteiger partial charge in [-0.15, -0.1) is 0 Å². The van der Waals surface area contributed by atoms with Crippen molar-refractivity contribution in [2.45, 2.75) is 52.2 Å². The summed E-state index contributed by atoms with van der Waals surface area (Å²) in [5, 5.41) is 0. The number of nitrogens with two attached hydrogens (primary N) is 1. The predicted molar refractivity (Wildman–Crippen MR) is 76.2 cm³/mol. The minimum Gasteiger partial charge on any atom is -0.373 e. The maximum atomic E-state index is 6.05. The molecule has 3 N–H and O–H groups in total. The summed E-state index contributed by atoms with van der Waals surface area (Å²) < 4.78 is 6.05. The highest BCUT2D eigenvalue weighted by atomic mass is 16.5. The van der Waals surface area contributed by atoms with Crippen molar-refractivity contribution in [3.8, 4) is 0 Å². The summed E-state index contributed by atoms with van der Waals surface area (Å²) in [5.74, 6) is 5.81. The van der Waals surface area contributed by atoms with Crippen LogP contribution in [0.5, 0.6) is 0 Å². The monoisotopic (exact) mass is 250 g/mol. The predicted octanol–water partition coefficient (Wildman–Crippen LogP) is 3.09. The van der Waals surface area contributed by atoms with Gasteiger partial charge in [0.2, 0.25) is 0 Å². The Bertz CT molecular complexity index is 361. The Balaban J connectivity index is 3.17. The molecule has 1 aromatic carbocycles. The van der Waals surface area contributed by atoms with Gasteiger partial charge in [-0.1, -0.05) is 38.1 Å². The van der Waals surface area contributed by atoms with Crippen LogP contribution in [0, 0.1) is 6.92 Å². The largest absolute Gasteiger partial charge is 0.373 e. The van der Waals surface area contributed by atoms with E-state index in [9.17, 15) is 0 Å². The summed E-state index contributed by atoms with van der Waals surface area (Å²) in [6.07, 6.45) is 1.86. The van der Waals surface area contributed by atoms with E-state index < -0.39 is 0 Å².